The number of hydrogen-bond donors (Lipinski definition) is 1. The number of halogens is 3. The second-order valence-electron chi connectivity index (χ2n) is 5.22. The molecule has 140 valence electrons. The number of anilines is 1. The summed E-state index contributed by atoms with van der Waals surface area (Å²) in [5.74, 6) is 0.543. The van der Waals surface area contributed by atoms with Gasteiger partial charge in [-0.2, -0.15) is 5.26 Å². The first-order valence-electron chi connectivity index (χ1n) is 7.78. The molecule has 2 aromatic rings. The van der Waals surface area contributed by atoms with Crippen molar-refractivity contribution in [3.8, 4) is 17.6 Å². The highest BCUT2D eigenvalue weighted by molar-refractivity contribution is 14.1. The molecule has 0 unspecified atom stereocenters. The number of rotatable bonds is 6. The number of nitriles is 1. The number of carbonyl (C=O) groups excluding carboxylic acids is 1. The summed E-state index contributed by atoms with van der Waals surface area (Å²) in [5, 5.41) is 12.7. The minimum absolute atomic E-state index is 0.0898. The summed E-state index contributed by atoms with van der Waals surface area (Å²) < 4.78 is 11.7. The summed E-state index contributed by atoms with van der Waals surface area (Å²) in [4.78, 5) is 12.5. The minimum Gasteiger partial charge on any atom is -0.493 e. The lowest BCUT2D eigenvalue weighted by Gasteiger charge is -2.12. The van der Waals surface area contributed by atoms with Crippen LogP contribution in [0.5, 0.6) is 11.5 Å². The van der Waals surface area contributed by atoms with E-state index in [0.717, 1.165) is 3.57 Å². The van der Waals surface area contributed by atoms with Crippen molar-refractivity contribution in [2.75, 3.05) is 19.0 Å². The molecule has 2 aromatic carbocycles. The van der Waals surface area contributed by atoms with Crippen LogP contribution in [0.4, 0.5) is 5.69 Å². The normalized spacial score (nSPS) is 10.9. The number of benzene rings is 2. The van der Waals surface area contributed by atoms with Crippen LogP contribution in [-0.2, 0) is 4.79 Å². The number of amides is 1. The zero-order valence-corrected chi connectivity index (χ0v) is 18.1. The molecule has 0 radical (unpaired) electrons. The minimum atomic E-state index is -0.593. The van der Waals surface area contributed by atoms with Gasteiger partial charge in [0.25, 0.3) is 5.91 Å². The fraction of sp³-hybridized carbons (Fsp3) is 0.158. The molecule has 1 N–H and O–H groups in total. The van der Waals surface area contributed by atoms with E-state index in [1.807, 2.05) is 13.0 Å². The Labute approximate surface area is 181 Å². The van der Waals surface area contributed by atoms with Gasteiger partial charge in [0.2, 0.25) is 0 Å². The molecule has 0 saturated heterocycles. The van der Waals surface area contributed by atoms with Crippen molar-refractivity contribution >= 4 is 63.5 Å². The van der Waals surface area contributed by atoms with E-state index in [1.165, 1.54) is 19.3 Å². The van der Waals surface area contributed by atoms with Crippen molar-refractivity contribution in [2.24, 2.45) is 0 Å². The first-order chi connectivity index (χ1) is 12.9. The number of ether oxygens (including phenoxy) is 2. The Kier molecular flexibility index (Phi) is 7.78. The van der Waals surface area contributed by atoms with Crippen LogP contribution >= 0.6 is 45.8 Å². The number of nitrogens with zero attached hydrogens (tertiary/aromatic N) is 1. The Bertz CT molecular complexity index is 939. The summed E-state index contributed by atoms with van der Waals surface area (Å²) >= 11 is 14.1. The number of nitrogens with one attached hydrogen (secondary N) is 1. The second kappa shape index (κ2) is 9.83. The predicted octanol–water partition coefficient (Wildman–Crippen LogP) is 5.55. The highest BCUT2D eigenvalue weighted by Crippen LogP contribution is 2.34. The zero-order chi connectivity index (χ0) is 20.0. The van der Waals surface area contributed by atoms with E-state index < -0.39 is 5.91 Å². The van der Waals surface area contributed by atoms with Crippen LogP contribution in [0.1, 0.15) is 12.5 Å². The molecule has 0 heterocycles. The average molecular weight is 517 g/mol. The van der Waals surface area contributed by atoms with Crippen LogP contribution in [-0.4, -0.2) is 19.6 Å². The van der Waals surface area contributed by atoms with Gasteiger partial charge in [0, 0.05) is 5.02 Å². The van der Waals surface area contributed by atoms with Gasteiger partial charge >= 0.3 is 0 Å². The van der Waals surface area contributed by atoms with Gasteiger partial charge in [-0.15, -0.1) is 0 Å². The van der Waals surface area contributed by atoms with Crippen LogP contribution in [0.15, 0.2) is 35.9 Å². The molecule has 0 aliphatic carbocycles. The zero-order valence-electron chi connectivity index (χ0n) is 14.5. The molecule has 0 saturated carbocycles. The SMILES string of the molecule is CCOc1c(I)cc(/C=C(/C#N)C(=O)Nc2cc(Cl)ccc2Cl)cc1OC. The Morgan fingerprint density at radius 1 is 1.33 bits per heavy atom. The molecule has 0 spiro atoms. The van der Waals surface area contributed by atoms with Crippen molar-refractivity contribution in [1.29, 1.82) is 5.26 Å². The summed E-state index contributed by atoms with van der Waals surface area (Å²) in [5.41, 5.74) is 0.867. The average Bonchev–Trinajstić information content (AvgIpc) is 2.64. The lowest BCUT2D eigenvalue weighted by molar-refractivity contribution is -0.112. The molecule has 0 aliphatic heterocycles. The molecular formula is C19H15Cl2IN2O3. The van der Waals surface area contributed by atoms with Crippen LogP contribution < -0.4 is 14.8 Å². The molecule has 0 aromatic heterocycles. The van der Waals surface area contributed by atoms with Gasteiger partial charge in [-0.05, 0) is 71.5 Å². The van der Waals surface area contributed by atoms with Crippen molar-refractivity contribution in [3.63, 3.8) is 0 Å². The summed E-state index contributed by atoms with van der Waals surface area (Å²) in [6, 6.07) is 10.1. The molecular weight excluding hydrogens is 502 g/mol. The summed E-state index contributed by atoms with van der Waals surface area (Å²) in [6.07, 6.45) is 1.47. The van der Waals surface area contributed by atoms with Gasteiger partial charge in [-0.25, -0.2) is 0 Å². The third-order valence-electron chi connectivity index (χ3n) is 3.39. The van der Waals surface area contributed by atoms with Gasteiger partial charge < -0.3 is 14.8 Å². The lowest BCUT2D eigenvalue weighted by Crippen LogP contribution is -2.13. The van der Waals surface area contributed by atoms with Gasteiger partial charge in [0.05, 0.1) is 28.0 Å². The van der Waals surface area contributed by atoms with Crippen molar-refractivity contribution in [3.05, 3.63) is 55.1 Å². The van der Waals surface area contributed by atoms with Crippen molar-refractivity contribution < 1.29 is 14.3 Å². The number of methoxy groups -OCH3 is 1. The van der Waals surface area contributed by atoms with Crippen LogP contribution in [0, 0.1) is 14.9 Å². The van der Waals surface area contributed by atoms with E-state index in [2.05, 4.69) is 27.9 Å². The fourth-order valence-corrected chi connectivity index (χ4v) is 3.32. The molecule has 0 aliphatic rings. The Morgan fingerprint density at radius 3 is 2.70 bits per heavy atom. The Morgan fingerprint density at radius 2 is 2.07 bits per heavy atom. The van der Waals surface area contributed by atoms with Crippen molar-refractivity contribution in [1.82, 2.24) is 0 Å². The smallest absolute Gasteiger partial charge is 0.266 e. The van der Waals surface area contributed by atoms with E-state index in [4.69, 9.17) is 32.7 Å². The quantitative estimate of drug-likeness (QED) is 0.310. The van der Waals surface area contributed by atoms with Gasteiger partial charge in [0.15, 0.2) is 11.5 Å². The monoisotopic (exact) mass is 516 g/mol. The van der Waals surface area contributed by atoms with E-state index in [0.29, 0.717) is 39.4 Å². The maximum atomic E-state index is 12.5. The highest BCUT2D eigenvalue weighted by Gasteiger charge is 2.14. The molecule has 0 atom stereocenters. The Hall–Kier alpha value is -1.95. The van der Waals surface area contributed by atoms with Crippen molar-refractivity contribution in [2.45, 2.75) is 6.92 Å². The number of carbonyl (C=O) groups is 1. The second-order valence-corrected chi connectivity index (χ2v) is 7.22. The Balaban J connectivity index is 2.35. The van der Waals surface area contributed by atoms with Crippen LogP contribution in [0.2, 0.25) is 10.0 Å². The summed E-state index contributed by atoms with van der Waals surface area (Å²) in [7, 11) is 1.53. The molecule has 1 amide bonds. The standard InChI is InChI=1S/C19H15Cl2IN2O3/c1-3-27-18-15(22)7-11(8-17(18)26-2)6-12(10-23)19(25)24-16-9-13(20)4-5-14(16)21/h4-9H,3H2,1-2H3,(H,24,25)/b12-6-. The molecule has 27 heavy (non-hydrogen) atoms. The predicted molar refractivity (Wildman–Crippen MR) is 116 cm³/mol. The first kappa shape index (κ1) is 21.4. The van der Waals surface area contributed by atoms with E-state index in [9.17, 15) is 10.1 Å². The maximum absolute atomic E-state index is 12.5. The van der Waals surface area contributed by atoms with Crippen LogP contribution in [0.25, 0.3) is 6.08 Å². The highest BCUT2D eigenvalue weighted by atomic mass is 127. The van der Waals surface area contributed by atoms with E-state index in [1.54, 1.807) is 24.3 Å². The largest absolute Gasteiger partial charge is 0.493 e. The van der Waals surface area contributed by atoms with Gasteiger partial charge in [0.1, 0.15) is 11.6 Å². The fourth-order valence-electron chi connectivity index (χ4n) is 2.21. The third kappa shape index (κ3) is 5.51. The van der Waals surface area contributed by atoms with E-state index in [-0.39, 0.29) is 5.57 Å². The lowest BCUT2D eigenvalue weighted by atomic mass is 10.1. The molecule has 0 bridgehead atoms. The van der Waals surface area contributed by atoms with Gasteiger partial charge in [-0.1, -0.05) is 23.2 Å². The molecule has 5 nitrogen and oxygen atoms in total. The molecule has 0 fully saturated rings. The molecule has 2 rings (SSSR count). The third-order valence-corrected chi connectivity index (χ3v) is 4.76. The summed E-state index contributed by atoms with van der Waals surface area (Å²) in [6.45, 7) is 2.37. The van der Waals surface area contributed by atoms with Gasteiger partial charge in [-0.3, -0.25) is 4.79 Å². The first-order valence-corrected chi connectivity index (χ1v) is 9.61. The van der Waals surface area contributed by atoms with Crippen LogP contribution in [0.3, 0.4) is 0 Å². The van der Waals surface area contributed by atoms with E-state index >= 15 is 0 Å². The molecule has 8 heteroatoms. The maximum Gasteiger partial charge on any atom is 0.266 e. The number of hydrogen-bond acceptors (Lipinski definition) is 4. The topological polar surface area (TPSA) is 71.3 Å².